The Morgan fingerprint density at radius 1 is 1.00 bits per heavy atom. The normalized spacial score (nSPS) is 13.6. The number of amides is 2. The summed E-state index contributed by atoms with van der Waals surface area (Å²) < 4.78 is 11.2. The molecule has 0 aromatic heterocycles. The van der Waals surface area contributed by atoms with E-state index in [1.54, 1.807) is 6.07 Å². The van der Waals surface area contributed by atoms with Crippen molar-refractivity contribution in [3.8, 4) is 5.75 Å². The van der Waals surface area contributed by atoms with Gasteiger partial charge >= 0.3 is 5.97 Å². The van der Waals surface area contributed by atoms with Crippen LogP contribution >= 0.6 is 0 Å². The maximum absolute atomic E-state index is 12.3. The lowest BCUT2D eigenvalue weighted by atomic mass is 10.1. The molecule has 2 amide bonds. The molecule has 0 unspecified atom stereocenters. The van der Waals surface area contributed by atoms with Crippen molar-refractivity contribution in [2.24, 2.45) is 5.73 Å². The van der Waals surface area contributed by atoms with Crippen molar-refractivity contribution in [3.63, 3.8) is 0 Å². The van der Waals surface area contributed by atoms with E-state index < -0.39 is 11.9 Å². The summed E-state index contributed by atoms with van der Waals surface area (Å²) in [6.45, 7) is 12.6. The number of anilines is 2. The maximum atomic E-state index is 12.3. The van der Waals surface area contributed by atoms with Gasteiger partial charge < -0.3 is 25.4 Å². The molecule has 1 fully saturated rings. The number of nitrogens with one attached hydrogen (secondary N) is 1. The van der Waals surface area contributed by atoms with Gasteiger partial charge in [0.05, 0.1) is 18.8 Å². The highest BCUT2D eigenvalue weighted by atomic mass is 16.5. The third kappa shape index (κ3) is 8.96. The molecule has 1 heterocycles. The van der Waals surface area contributed by atoms with E-state index in [0.29, 0.717) is 18.0 Å². The lowest BCUT2D eigenvalue weighted by Crippen LogP contribution is -2.46. The van der Waals surface area contributed by atoms with Crippen LogP contribution in [0.4, 0.5) is 11.4 Å². The number of rotatable bonds is 13. The molecular formula is C30H43N5O5. The van der Waals surface area contributed by atoms with Gasteiger partial charge in [-0.05, 0) is 69.0 Å². The first-order valence-corrected chi connectivity index (χ1v) is 13.9. The number of carbonyl (C=O) groups excluding carboxylic acids is 3. The van der Waals surface area contributed by atoms with Gasteiger partial charge in [-0.1, -0.05) is 18.2 Å². The molecule has 2 aromatic carbocycles. The van der Waals surface area contributed by atoms with Crippen LogP contribution in [0.25, 0.3) is 0 Å². The first-order valence-electron chi connectivity index (χ1n) is 13.9. The number of aryl methyl sites for hydroxylation is 2. The number of hydrogen-bond acceptors (Lipinski definition) is 8. The molecule has 1 saturated heterocycles. The van der Waals surface area contributed by atoms with Gasteiger partial charge in [-0.2, -0.15) is 0 Å². The van der Waals surface area contributed by atoms with Crippen LogP contribution in [0.5, 0.6) is 5.75 Å². The third-order valence-corrected chi connectivity index (χ3v) is 7.25. The SMILES string of the molecule is CC(=O)N(COC(=O)CNC(=O)CN)c1cc(OCCCCN2CCN(c3cccc(C)c3C)CC2)ccc1C. The van der Waals surface area contributed by atoms with Gasteiger partial charge in [0, 0.05) is 44.9 Å². The van der Waals surface area contributed by atoms with Crippen LogP contribution < -0.4 is 25.6 Å². The summed E-state index contributed by atoms with van der Waals surface area (Å²) in [7, 11) is 0. The van der Waals surface area contributed by atoms with Crippen molar-refractivity contribution in [2.45, 2.75) is 40.5 Å². The van der Waals surface area contributed by atoms with Gasteiger partial charge in [-0.3, -0.25) is 24.2 Å². The van der Waals surface area contributed by atoms with Gasteiger partial charge in [0.15, 0.2) is 6.73 Å². The van der Waals surface area contributed by atoms with Crippen LogP contribution in [0.15, 0.2) is 36.4 Å². The zero-order valence-corrected chi connectivity index (χ0v) is 24.2. The van der Waals surface area contributed by atoms with E-state index in [0.717, 1.165) is 51.1 Å². The number of unbranched alkanes of at least 4 members (excludes halogenated alkanes) is 1. The number of hydrogen-bond donors (Lipinski definition) is 2. The molecule has 3 rings (SSSR count). The molecule has 3 N–H and O–H groups in total. The summed E-state index contributed by atoms with van der Waals surface area (Å²) in [5, 5.41) is 2.34. The van der Waals surface area contributed by atoms with Gasteiger partial charge in [-0.15, -0.1) is 0 Å². The zero-order valence-electron chi connectivity index (χ0n) is 24.2. The summed E-state index contributed by atoms with van der Waals surface area (Å²) in [5.41, 5.74) is 10.7. The molecule has 0 aliphatic carbocycles. The Morgan fingerprint density at radius 2 is 1.75 bits per heavy atom. The number of ether oxygens (including phenoxy) is 2. The Kier molecular flexibility index (Phi) is 11.8. The molecular weight excluding hydrogens is 510 g/mol. The molecule has 2 aromatic rings. The van der Waals surface area contributed by atoms with Crippen LogP contribution in [-0.2, 0) is 19.1 Å². The standard InChI is InChI=1S/C30H43N5O5/c1-22-8-7-9-27(24(22)3)34-15-13-33(14-16-34)12-5-6-17-39-26-11-10-23(2)28(18-26)35(25(4)36)21-40-30(38)20-32-29(37)19-31/h7-11,18H,5-6,12-17,19-21,31H2,1-4H3,(H,32,37). The number of piperazine rings is 1. The van der Waals surface area contributed by atoms with Crippen molar-refractivity contribution < 1.29 is 23.9 Å². The minimum atomic E-state index is -0.662. The van der Waals surface area contributed by atoms with Crippen LogP contribution in [0.1, 0.15) is 36.5 Å². The first kappa shape index (κ1) is 30.9. The van der Waals surface area contributed by atoms with Gasteiger partial charge in [0.2, 0.25) is 11.8 Å². The Hall–Kier alpha value is -3.63. The summed E-state index contributed by atoms with van der Waals surface area (Å²) in [4.78, 5) is 41.9. The minimum absolute atomic E-state index is 0.218. The van der Waals surface area contributed by atoms with E-state index in [9.17, 15) is 14.4 Å². The highest BCUT2D eigenvalue weighted by Crippen LogP contribution is 2.27. The van der Waals surface area contributed by atoms with E-state index >= 15 is 0 Å². The van der Waals surface area contributed by atoms with Gasteiger partial charge in [0.1, 0.15) is 12.3 Å². The predicted octanol–water partition coefficient (Wildman–Crippen LogP) is 2.52. The lowest BCUT2D eigenvalue weighted by Gasteiger charge is -2.37. The average Bonchev–Trinajstić information content (AvgIpc) is 2.94. The smallest absolute Gasteiger partial charge is 0.327 e. The third-order valence-electron chi connectivity index (χ3n) is 7.25. The molecule has 10 nitrogen and oxygen atoms in total. The van der Waals surface area contributed by atoms with E-state index in [1.165, 1.54) is 28.6 Å². The van der Waals surface area contributed by atoms with Crippen molar-refractivity contribution >= 4 is 29.2 Å². The largest absolute Gasteiger partial charge is 0.494 e. The molecule has 0 radical (unpaired) electrons. The van der Waals surface area contributed by atoms with Crippen LogP contribution in [0.2, 0.25) is 0 Å². The second-order valence-electron chi connectivity index (χ2n) is 10.1. The molecule has 0 saturated carbocycles. The molecule has 218 valence electrons. The van der Waals surface area contributed by atoms with Crippen LogP contribution in [-0.4, -0.2) is 81.8 Å². The second kappa shape index (κ2) is 15.2. The second-order valence-corrected chi connectivity index (χ2v) is 10.1. The number of nitrogens with two attached hydrogens (primary N) is 1. The lowest BCUT2D eigenvalue weighted by molar-refractivity contribution is -0.144. The summed E-state index contributed by atoms with van der Waals surface area (Å²) >= 11 is 0. The highest BCUT2D eigenvalue weighted by Gasteiger charge is 2.19. The number of benzene rings is 2. The molecule has 0 spiro atoms. The van der Waals surface area contributed by atoms with Crippen molar-refractivity contribution in [1.82, 2.24) is 10.2 Å². The minimum Gasteiger partial charge on any atom is -0.494 e. The monoisotopic (exact) mass is 553 g/mol. The Bertz CT molecular complexity index is 1160. The maximum Gasteiger partial charge on any atom is 0.327 e. The summed E-state index contributed by atoms with van der Waals surface area (Å²) in [5.74, 6) is -0.756. The predicted molar refractivity (Wildman–Crippen MR) is 157 cm³/mol. The van der Waals surface area contributed by atoms with Crippen molar-refractivity contribution in [3.05, 3.63) is 53.1 Å². The molecule has 0 atom stereocenters. The number of nitrogens with zero attached hydrogens (tertiary/aromatic N) is 3. The fourth-order valence-corrected chi connectivity index (χ4v) is 4.65. The highest BCUT2D eigenvalue weighted by molar-refractivity contribution is 5.92. The Balaban J connectivity index is 1.42. The van der Waals surface area contributed by atoms with Crippen LogP contribution in [0, 0.1) is 20.8 Å². The molecule has 0 bridgehead atoms. The van der Waals surface area contributed by atoms with Crippen molar-refractivity contribution in [2.75, 3.05) is 69.0 Å². The molecule has 40 heavy (non-hydrogen) atoms. The number of esters is 1. The Labute approximate surface area is 237 Å². The summed E-state index contributed by atoms with van der Waals surface area (Å²) in [6, 6.07) is 12.1. The average molecular weight is 554 g/mol. The van der Waals surface area contributed by atoms with E-state index in [1.807, 2.05) is 19.1 Å². The molecule has 1 aliphatic heterocycles. The van der Waals surface area contributed by atoms with E-state index in [-0.39, 0.29) is 25.7 Å². The Morgan fingerprint density at radius 3 is 2.45 bits per heavy atom. The van der Waals surface area contributed by atoms with Crippen molar-refractivity contribution in [1.29, 1.82) is 0 Å². The molecule has 1 aliphatic rings. The topological polar surface area (TPSA) is 117 Å². The fraction of sp³-hybridized carbons (Fsp3) is 0.500. The van der Waals surface area contributed by atoms with Gasteiger partial charge in [-0.25, -0.2) is 0 Å². The number of carbonyl (C=O) groups is 3. The molecule has 10 heteroatoms. The van der Waals surface area contributed by atoms with E-state index in [2.05, 4.69) is 47.2 Å². The first-order chi connectivity index (χ1) is 19.2. The van der Waals surface area contributed by atoms with Crippen LogP contribution in [0.3, 0.4) is 0 Å². The quantitative estimate of drug-likeness (QED) is 0.221. The van der Waals surface area contributed by atoms with Gasteiger partial charge in [0.25, 0.3) is 0 Å². The van der Waals surface area contributed by atoms with E-state index in [4.69, 9.17) is 15.2 Å². The zero-order chi connectivity index (χ0) is 29.1. The summed E-state index contributed by atoms with van der Waals surface area (Å²) in [6.07, 6.45) is 1.96. The fourth-order valence-electron chi connectivity index (χ4n) is 4.65.